The predicted octanol–water partition coefficient (Wildman–Crippen LogP) is 3.76. The van der Waals surface area contributed by atoms with Crippen molar-refractivity contribution in [3.63, 3.8) is 0 Å². The van der Waals surface area contributed by atoms with Crippen LogP contribution < -0.4 is 19.5 Å². The molecule has 0 saturated carbocycles. The zero-order chi connectivity index (χ0) is 16.2. The highest BCUT2D eigenvalue weighted by atomic mass is 35.5. The third-order valence-corrected chi connectivity index (χ3v) is 3.59. The number of hydrogen-bond acceptors (Lipinski definition) is 4. The minimum atomic E-state index is -0.258. The fourth-order valence-electron chi connectivity index (χ4n) is 2.24. The van der Waals surface area contributed by atoms with Gasteiger partial charge >= 0.3 is 0 Å². The highest BCUT2D eigenvalue weighted by Gasteiger charge is 2.14. The molecule has 1 aliphatic rings. The number of anilines is 1. The van der Waals surface area contributed by atoms with Gasteiger partial charge in [0.25, 0.3) is 5.91 Å². The zero-order valence-electron chi connectivity index (χ0n) is 12.6. The molecule has 120 valence electrons. The van der Waals surface area contributed by atoms with Gasteiger partial charge in [0.2, 0.25) is 0 Å². The van der Waals surface area contributed by atoms with Crippen molar-refractivity contribution in [1.82, 2.24) is 0 Å². The number of carbonyl (C=O) groups is 1. The lowest BCUT2D eigenvalue weighted by Gasteiger charge is -2.19. The highest BCUT2D eigenvalue weighted by Crippen LogP contribution is 2.33. The number of nitrogens with one attached hydrogen (secondary N) is 1. The van der Waals surface area contributed by atoms with Crippen molar-refractivity contribution in [3.8, 4) is 17.2 Å². The number of amides is 1. The Labute approximate surface area is 139 Å². The molecule has 0 aromatic heterocycles. The number of hydrogen-bond donors (Lipinski definition) is 1. The van der Waals surface area contributed by atoms with E-state index in [4.69, 9.17) is 25.8 Å². The Balaban J connectivity index is 1.75. The third kappa shape index (κ3) is 3.51. The minimum Gasteiger partial charge on any atom is -0.492 e. The fraction of sp³-hybridized carbons (Fsp3) is 0.235. The number of halogens is 1. The first kappa shape index (κ1) is 15.5. The van der Waals surface area contributed by atoms with Crippen LogP contribution in [0.2, 0.25) is 5.02 Å². The lowest BCUT2D eigenvalue weighted by atomic mass is 10.2. The van der Waals surface area contributed by atoms with Crippen LogP contribution in [-0.4, -0.2) is 25.7 Å². The number of carbonyl (C=O) groups excluding carboxylic acids is 1. The quantitative estimate of drug-likeness (QED) is 0.925. The lowest BCUT2D eigenvalue weighted by Crippen LogP contribution is -2.16. The highest BCUT2D eigenvalue weighted by molar-refractivity contribution is 6.32. The maximum atomic E-state index is 12.3. The van der Waals surface area contributed by atoms with E-state index in [0.29, 0.717) is 53.3 Å². The van der Waals surface area contributed by atoms with E-state index in [0.717, 1.165) is 0 Å². The predicted molar refractivity (Wildman–Crippen MR) is 88.0 cm³/mol. The summed E-state index contributed by atoms with van der Waals surface area (Å²) in [6, 6.07) is 10.2. The zero-order valence-corrected chi connectivity index (χ0v) is 13.4. The van der Waals surface area contributed by atoms with E-state index in [1.807, 2.05) is 6.92 Å². The topological polar surface area (TPSA) is 56.8 Å². The Kier molecular flexibility index (Phi) is 4.57. The van der Waals surface area contributed by atoms with Crippen molar-refractivity contribution >= 4 is 23.2 Å². The van der Waals surface area contributed by atoms with Gasteiger partial charge in [-0.3, -0.25) is 4.79 Å². The maximum absolute atomic E-state index is 12.3. The Morgan fingerprint density at radius 2 is 1.96 bits per heavy atom. The molecule has 0 aliphatic carbocycles. The minimum absolute atomic E-state index is 0.258. The Bertz CT molecular complexity index is 733. The van der Waals surface area contributed by atoms with Crippen LogP contribution in [0.15, 0.2) is 36.4 Å². The molecule has 3 rings (SSSR count). The summed E-state index contributed by atoms with van der Waals surface area (Å²) in [6.07, 6.45) is 0. The van der Waals surface area contributed by atoms with Crippen LogP contribution in [0.1, 0.15) is 17.3 Å². The molecule has 6 heteroatoms. The maximum Gasteiger partial charge on any atom is 0.255 e. The first-order valence-electron chi connectivity index (χ1n) is 7.30. The summed E-state index contributed by atoms with van der Waals surface area (Å²) in [5, 5.41) is 3.22. The van der Waals surface area contributed by atoms with Gasteiger partial charge in [0.05, 0.1) is 11.6 Å². The molecule has 1 N–H and O–H groups in total. The molecule has 0 saturated heterocycles. The van der Waals surface area contributed by atoms with Crippen molar-refractivity contribution < 1.29 is 19.0 Å². The largest absolute Gasteiger partial charge is 0.492 e. The van der Waals surface area contributed by atoms with Gasteiger partial charge in [-0.25, -0.2) is 0 Å². The summed E-state index contributed by atoms with van der Waals surface area (Å²) in [4.78, 5) is 12.3. The Morgan fingerprint density at radius 1 is 1.17 bits per heavy atom. The van der Waals surface area contributed by atoms with Crippen molar-refractivity contribution in [2.75, 3.05) is 25.1 Å². The first-order chi connectivity index (χ1) is 11.2. The van der Waals surface area contributed by atoms with Gasteiger partial charge in [0, 0.05) is 17.3 Å². The van der Waals surface area contributed by atoms with Gasteiger partial charge in [-0.05, 0) is 37.3 Å². The number of rotatable bonds is 4. The summed E-state index contributed by atoms with van der Waals surface area (Å²) in [5.74, 6) is 1.61. The van der Waals surface area contributed by atoms with E-state index in [9.17, 15) is 4.79 Å². The van der Waals surface area contributed by atoms with Crippen LogP contribution in [-0.2, 0) is 0 Å². The molecule has 0 unspecified atom stereocenters. The number of benzene rings is 2. The van der Waals surface area contributed by atoms with Gasteiger partial charge in [-0.1, -0.05) is 11.6 Å². The number of fused-ring (bicyclic) bond motifs is 1. The van der Waals surface area contributed by atoms with Crippen molar-refractivity contribution in [3.05, 3.63) is 47.0 Å². The van der Waals surface area contributed by atoms with Crippen molar-refractivity contribution in [1.29, 1.82) is 0 Å². The smallest absolute Gasteiger partial charge is 0.255 e. The molecule has 5 nitrogen and oxygen atoms in total. The molecule has 0 atom stereocenters. The second-order valence-electron chi connectivity index (χ2n) is 4.89. The Morgan fingerprint density at radius 3 is 2.70 bits per heavy atom. The second-order valence-corrected chi connectivity index (χ2v) is 5.30. The summed E-state index contributed by atoms with van der Waals surface area (Å²) < 4.78 is 16.3. The van der Waals surface area contributed by atoms with E-state index in [1.165, 1.54) is 0 Å². The number of ether oxygens (including phenoxy) is 3. The summed E-state index contributed by atoms with van der Waals surface area (Å²) in [6.45, 7) is 3.42. The summed E-state index contributed by atoms with van der Waals surface area (Å²) in [5.41, 5.74) is 1.08. The molecule has 0 fully saturated rings. The standard InChI is InChI=1S/C17H16ClNO4/c1-2-21-14-5-3-11(9-13(14)18)17(20)19-12-4-6-15-16(10-12)23-8-7-22-15/h3-6,9-10H,2,7-8H2,1H3,(H,19,20). The molecule has 1 heterocycles. The van der Waals surface area contributed by atoms with E-state index in [1.54, 1.807) is 36.4 Å². The molecule has 0 bridgehead atoms. The van der Waals surface area contributed by atoms with E-state index >= 15 is 0 Å². The fourth-order valence-corrected chi connectivity index (χ4v) is 2.47. The summed E-state index contributed by atoms with van der Waals surface area (Å²) >= 11 is 6.11. The van der Waals surface area contributed by atoms with Gasteiger partial charge in [-0.15, -0.1) is 0 Å². The summed E-state index contributed by atoms with van der Waals surface area (Å²) in [7, 11) is 0. The normalized spacial score (nSPS) is 12.6. The van der Waals surface area contributed by atoms with Gasteiger partial charge in [0.1, 0.15) is 19.0 Å². The molecule has 2 aromatic rings. The molecule has 1 amide bonds. The van der Waals surface area contributed by atoms with Crippen LogP contribution >= 0.6 is 11.6 Å². The van der Waals surface area contributed by atoms with Crippen LogP contribution in [0.3, 0.4) is 0 Å². The molecule has 0 radical (unpaired) electrons. The molecule has 23 heavy (non-hydrogen) atoms. The van der Waals surface area contributed by atoms with Gasteiger partial charge in [-0.2, -0.15) is 0 Å². The van der Waals surface area contributed by atoms with Crippen molar-refractivity contribution in [2.45, 2.75) is 6.92 Å². The van der Waals surface area contributed by atoms with Crippen LogP contribution in [0.4, 0.5) is 5.69 Å². The van der Waals surface area contributed by atoms with Crippen molar-refractivity contribution in [2.24, 2.45) is 0 Å². The average molecular weight is 334 g/mol. The van der Waals surface area contributed by atoms with Crippen LogP contribution in [0.5, 0.6) is 17.2 Å². The molecular weight excluding hydrogens is 318 g/mol. The average Bonchev–Trinajstić information content (AvgIpc) is 2.56. The molecular formula is C17H16ClNO4. The third-order valence-electron chi connectivity index (χ3n) is 3.29. The van der Waals surface area contributed by atoms with E-state index in [2.05, 4.69) is 5.32 Å². The molecule has 0 spiro atoms. The monoisotopic (exact) mass is 333 g/mol. The molecule has 1 aliphatic heterocycles. The van der Waals surface area contributed by atoms with Gasteiger partial charge < -0.3 is 19.5 Å². The van der Waals surface area contributed by atoms with E-state index in [-0.39, 0.29) is 5.91 Å². The molecule has 2 aromatic carbocycles. The van der Waals surface area contributed by atoms with E-state index < -0.39 is 0 Å². The SMILES string of the molecule is CCOc1ccc(C(=O)Nc2ccc3c(c2)OCCO3)cc1Cl. The van der Waals surface area contributed by atoms with Gasteiger partial charge in [0.15, 0.2) is 11.5 Å². The lowest BCUT2D eigenvalue weighted by molar-refractivity contribution is 0.102. The second kappa shape index (κ2) is 6.79. The Hall–Kier alpha value is -2.40. The van der Waals surface area contributed by atoms with Crippen LogP contribution in [0, 0.1) is 0 Å². The van der Waals surface area contributed by atoms with Crippen LogP contribution in [0.25, 0.3) is 0 Å². The first-order valence-corrected chi connectivity index (χ1v) is 7.68.